The van der Waals surface area contributed by atoms with Crippen LogP contribution < -0.4 is 10.1 Å². The van der Waals surface area contributed by atoms with Gasteiger partial charge >= 0.3 is 5.97 Å². The average Bonchev–Trinajstić information content (AvgIpc) is 2.36. The molecule has 0 saturated heterocycles. The molecule has 1 rings (SSSR count). The van der Waals surface area contributed by atoms with Crippen molar-refractivity contribution in [1.82, 2.24) is 5.32 Å². The lowest BCUT2D eigenvalue weighted by molar-refractivity contribution is -0.139. The van der Waals surface area contributed by atoms with Crippen LogP contribution in [0.15, 0.2) is 24.3 Å². The Kier molecular flexibility index (Phi) is 5.57. The predicted octanol–water partition coefficient (Wildman–Crippen LogP) is -0.236. The first-order valence-corrected chi connectivity index (χ1v) is 5.50. The zero-order valence-electron chi connectivity index (χ0n) is 10.0. The molecule has 0 aliphatic carbocycles. The largest absolute Gasteiger partial charge is 0.482 e. The van der Waals surface area contributed by atoms with E-state index in [0.717, 1.165) is 0 Å². The number of aliphatic hydroxyl groups is 2. The third kappa shape index (κ3) is 3.99. The summed E-state index contributed by atoms with van der Waals surface area (Å²) in [6.07, 6.45) is -2.13. The van der Waals surface area contributed by atoms with E-state index in [1.807, 2.05) is 0 Å². The highest BCUT2D eigenvalue weighted by molar-refractivity contribution is 5.68. The number of para-hydroxylation sites is 1. The predicted molar refractivity (Wildman–Crippen MR) is 64.5 cm³/mol. The summed E-state index contributed by atoms with van der Waals surface area (Å²) in [6, 6.07) is 6.48. The van der Waals surface area contributed by atoms with Gasteiger partial charge in [-0.3, -0.25) is 0 Å². The van der Waals surface area contributed by atoms with Crippen molar-refractivity contribution in [3.63, 3.8) is 0 Å². The Balaban J connectivity index is 2.83. The second-order valence-electron chi connectivity index (χ2n) is 3.79. The van der Waals surface area contributed by atoms with Gasteiger partial charge in [-0.05, 0) is 13.1 Å². The van der Waals surface area contributed by atoms with Crippen molar-refractivity contribution in [2.75, 3.05) is 20.2 Å². The molecule has 0 radical (unpaired) electrons. The Morgan fingerprint density at radius 1 is 1.39 bits per heavy atom. The van der Waals surface area contributed by atoms with E-state index in [9.17, 15) is 15.0 Å². The molecule has 0 aromatic heterocycles. The smallest absolute Gasteiger partial charge is 0.341 e. The lowest BCUT2D eigenvalue weighted by Gasteiger charge is -2.20. The number of ether oxygens (including phenoxy) is 1. The van der Waals surface area contributed by atoms with Crippen LogP contribution in [-0.4, -0.2) is 47.6 Å². The number of hydrogen-bond donors (Lipinski definition) is 4. The molecule has 0 heterocycles. The van der Waals surface area contributed by atoms with E-state index in [4.69, 9.17) is 9.84 Å². The number of carboxylic acids is 1. The molecule has 0 fully saturated rings. The van der Waals surface area contributed by atoms with Crippen molar-refractivity contribution in [2.24, 2.45) is 0 Å². The summed E-state index contributed by atoms with van der Waals surface area (Å²) in [5.41, 5.74) is 0.363. The molecule has 2 unspecified atom stereocenters. The van der Waals surface area contributed by atoms with E-state index < -0.39 is 24.8 Å². The molecule has 2 atom stereocenters. The molecule has 0 aliphatic heterocycles. The number of rotatable bonds is 7. The van der Waals surface area contributed by atoms with Crippen molar-refractivity contribution in [3.8, 4) is 5.75 Å². The first-order chi connectivity index (χ1) is 8.56. The molecule has 0 aliphatic rings. The molecule has 0 bridgehead atoms. The Hall–Kier alpha value is -1.63. The van der Waals surface area contributed by atoms with Crippen LogP contribution in [0.3, 0.4) is 0 Å². The second kappa shape index (κ2) is 6.95. The number of nitrogens with one attached hydrogen (secondary N) is 1. The van der Waals surface area contributed by atoms with E-state index in [2.05, 4.69) is 5.32 Å². The van der Waals surface area contributed by atoms with Crippen LogP contribution >= 0.6 is 0 Å². The van der Waals surface area contributed by atoms with Gasteiger partial charge in [-0.1, -0.05) is 18.2 Å². The van der Waals surface area contributed by atoms with Gasteiger partial charge in [-0.2, -0.15) is 0 Å². The number of likely N-dealkylation sites (N-methyl/N-ethyl adjacent to an activating group) is 1. The first kappa shape index (κ1) is 14.4. The van der Waals surface area contributed by atoms with Gasteiger partial charge < -0.3 is 25.4 Å². The minimum Gasteiger partial charge on any atom is -0.482 e. The number of hydrogen-bond acceptors (Lipinski definition) is 5. The first-order valence-electron chi connectivity index (χ1n) is 5.50. The van der Waals surface area contributed by atoms with Gasteiger partial charge in [0.25, 0.3) is 0 Å². The minimum absolute atomic E-state index is 0.217. The molecule has 0 spiro atoms. The molecule has 6 nitrogen and oxygen atoms in total. The summed E-state index contributed by atoms with van der Waals surface area (Å²) in [7, 11) is 1.66. The SMILES string of the molecule is CNCC(O)C(O)c1ccccc1OCC(=O)O. The van der Waals surface area contributed by atoms with E-state index in [1.54, 1.807) is 31.3 Å². The Bertz CT molecular complexity index is 396. The van der Waals surface area contributed by atoms with Crippen LogP contribution in [-0.2, 0) is 4.79 Å². The zero-order valence-corrected chi connectivity index (χ0v) is 10.0. The maximum Gasteiger partial charge on any atom is 0.341 e. The van der Waals surface area contributed by atoms with E-state index >= 15 is 0 Å². The van der Waals surface area contributed by atoms with Crippen molar-refractivity contribution in [3.05, 3.63) is 29.8 Å². The average molecular weight is 255 g/mol. The normalized spacial score (nSPS) is 13.9. The molecular formula is C12H17NO5. The topological polar surface area (TPSA) is 99.0 Å². The fraction of sp³-hybridized carbons (Fsp3) is 0.417. The monoisotopic (exact) mass is 255 g/mol. The quantitative estimate of drug-likeness (QED) is 0.537. The molecule has 1 aromatic carbocycles. The number of aliphatic hydroxyl groups excluding tert-OH is 2. The van der Waals surface area contributed by atoms with Crippen LogP contribution in [0.2, 0.25) is 0 Å². The summed E-state index contributed by atoms with van der Waals surface area (Å²) >= 11 is 0. The summed E-state index contributed by atoms with van der Waals surface area (Å²) < 4.78 is 5.06. The highest BCUT2D eigenvalue weighted by Crippen LogP contribution is 2.27. The van der Waals surface area contributed by atoms with Gasteiger partial charge in [0, 0.05) is 12.1 Å². The van der Waals surface area contributed by atoms with Crippen LogP contribution in [0.1, 0.15) is 11.7 Å². The van der Waals surface area contributed by atoms with Crippen molar-refractivity contribution < 1.29 is 24.9 Å². The fourth-order valence-electron chi connectivity index (χ4n) is 1.52. The van der Waals surface area contributed by atoms with E-state index in [1.165, 1.54) is 0 Å². The van der Waals surface area contributed by atoms with Crippen molar-refractivity contribution >= 4 is 5.97 Å². The highest BCUT2D eigenvalue weighted by atomic mass is 16.5. The number of benzene rings is 1. The van der Waals surface area contributed by atoms with E-state index in [0.29, 0.717) is 5.56 Å². The molecule has 18 heavy (non-hydrogen) atoms. The second-order valence-corrected chi connectivity index (χ2v) is 3.79. The van der Waals surface area contributed by atoms with Gasteiger partial charge in [0.15, 0.2) is 6.61 Å². The molecule has 6 heteroatoms. The van der Waals surface area contributed by atoms with Crippen molar-refractivity contribution in [2.45, 2.75) is 12.2 Å². The van der Waals surface area contributed by atoms with Gasteiger partial charge in [0.05, 0.1) is 6.10 Å². The third-order valence-electron chi connectivity index (χ3n) is 2.37. The molecule has 4 N–H and O–H groups in total. The Morgan fingerprint density at radius 2 is 2.06 bits per heavy atom. The molecule has 0 amide bonds. The Labute approximate surface area is 105 Å². The van der Waals surface area contributed by atoms with E-state index in [-0.39, 0.29) is 12.3 Å². The number of carboxylic acid groups (broad SMARTS) is 1. The molecule has 100 valence electrons. The summed E-state index contributed by atoms with van der Waals surface area (Å²) in [5, 5.41) is 30.9. The molecule has 1 aromatic rings. The standard InChI is InChI=1S/C12H17NO5/c1-13-6-9(14)12(17)8-4-2-3-5-10(8)18-7-11(15)16/h2-5,9,12-14,17H,6-7H2,1H3,(H,15,16). The van der Waals surface area contributed by atoms with Gasteiger partial charge in [-0.15, -0.1) is 0 Å². The van der Waals surface area contributed by atoms with Gasteiger partial charge in [0.2, 0.25) is 0 Å². The van der Waals surface area contributed by atoms with Gasteiger partial charge in [-0.25, -0.2) is 4.79 Å². The lowest BCUT2D eigenvalue weighted by Crippen LogP contribution is -2.30. The maximum atomic E-state index is 10.4. The highest BCUT2D eigenvalue weighted by Gasteiger charge is 2.21. The molecule has 0 saturated carbocycles. The fourth-order valence-corrected chi connectivity index (χ4v) is 1.52. The van der Waals surface area contributed by atoms with Crippen LogP contribution in [0.25, 0.3) is 0 Å². The minimum atomic E-state index is -1.14. The molecular weight excluding hydrogens is 238 g/mol. The van der Waals surface area contributed by atoms with Crippen molar-refractivity contribution in [1.29, 1.82) is 0 Å². The summed E-state index contributed by atoms with van der Waals surface area (Å²) in [4.78, 5) is 10.4. The summed E-state index contributed by atoms with van der Waals surface area (Å²) in [5.74, 6) is -0.849. The maximum absolute atomic E-state index is 10.4. The zero-order chi connectivity index (χ0) is 13.5. The number of carbonyl (C=O) groups is 1. The van der Waals surface area contributed by atoms with Crippen LogP contribution in [0, 0.1) is 0 Å². The van der Waals surface area contributed by atoms with Crippen LogP contribution in [0.5, 0.6) is 5.75 Å². The van der Waals surface area contributed by atoms with Crippen LogP contribution in [0.4, 0.5) is 0 Å². The third-order valence-corrected chi connectivity index (χ3v) is 2.37. The summed E-state index contributed by atoms with van der Waals surface area (Å²) in [6.45, 7) is -0.277. The van der Waals surface area contributed by atoms with Gasteiger partial charge in [0.1, 0.15) is 11.9 Å². The Morgan fingerprint density at radius 3 is 2.67 bits per heavy atom. The number of aliphatic carboxylic acids is 1. The lowest BCUT2D eigenvalue weighted by atomic mass is 10.0.